The van der Waals surface area contributed by atoms with Gasteiger partial charge in [-0.05, 0) is 42.5 Å². The van der Waals surface area contributed by atoms with Crippen LogP contribution in [0.15, 0.2) is 52.1 Å². The Balaban J connectivity index is 2.33. The lowest BCUT2D eigenvalue weighted by molar-refractivity contribution is 0.318. The van der Waals surface area contributed by atoms with E-state index >= 15 is 0 Å². The summed E-state index contributed by atoms with van der Waals surface area (Å²) in [5, 5.41) is 11.8. The highest BCUT2D eigenvalue weighted by Crippen LogP contribution is 2.29. The Labute approximate surface area is 124 Å². The summed E-state index contributed by atoms with van der Waals surface area (Å²) in [6, 6.07) is 12.4. The largest absolute Gasteiger partial charge is 0.497 e. The number of ether oxygens (including phenoxy) is 2. The van der Waals surface area contributed by atoms with Crippen molar-refractivity contribution in [3.8, 4) is 17.2 Å². The minimum Gasteiger partial charge on any atom is -0.497 e. The smallest absolute Gasteiger partial charge is 0.173 e. The average molecular weight is 337 g/mol. The van der Waals surface area contributed by atoms with Gasteiger partial charge in [-0.15, -0.1) is 0 Å². The van der Waals surface area contributed by atoms with Crippen molar-refractivity contribution in [3.63, 3.8) is 0 Å². The molecule has 0 saturated carbocycles. The number of methoxy groups -OCH3 is 1. The van der Waals surface area contributed by atoms with E-state index in [0.29, 0.717) is 17.1 Å². The predicted octanol–water partition coefficient (Wildman–Crippen LogP) is 3.34. The maximum Gasteiger partial charge on any atom is 0.173 e. The van der Waals surface area contributed by atoms with Gasteiger partial charge in [-0.3, -0.25) is 0 Å². The van der Waals surface area contributed by atoms with Crippen LogP contribution in [0.1, 0.15) is 5.56 Å². The Morgan fingerprint density at radius 3 is 2.40 bits per heavy atom. The molecule has 6 heteroatoms. The molecule has 0 aliphatic carbocycles. The summed E-state index contributed by atoms with van der Waals surface area (Å²) >= 11 is 3.36. The molecular formula is C14H13BrN2O3. The topological polar surface area (TPSA) is 77.1 Å². The maximum absolute atomic E-state index is 8.80. The Morgan fingerprint density at radius 1 is 1.15 bits per heavy atom. The summed E-state index contributed by atoms with van der Waals surface area (Å²) in [7, 11) is 1.60. The molecule has 20 heavy (non-hydrogen) atoms. The molecule has 3 N–H and O–H groups in total. The molecule has 104 valence electrons. The zero-order valence-corrected chi connectivity index (χ0v) is 12.3. The van der Waals surface area contributed by atoms with Crippen molar-refractivity contribution in [3.05, 3.63) is 52.5 Å². The lowest BCUT2D eigenvalue weighted by Crippen LogP contribution is -2.14. The Kier molecular flexibility index (Phi) is 4.47. The van der Waals surface area contributed by atoms with E-state index in [0.717, 1.165) is 10.2 Å². The van der Waals surface area contributed by atoms with Gasteiger partial charge >= 0.3 is 0 Å². The number of hydrogen-bond acceptors (Lipinski definition) is 4. The molecule has 0 aliphatic rings. The second kappa shape index (κ2) is 6.29. The molecular weight excluding hydrogens is 324 g/mol. The van der Waals surface area contributed by atoms with Crippen LogP contribution in [0.3, 0.4) is 0 Å². The third-order valence-electron chi connectivity index (χ3n) is 2.61. The Morgan fingerprint density at radius 2 is 1.80 bits per heavy atom. The van der Waals surface area contributed by atoms with Crippen LogP contribution in [0.5, 0.6) is 17.2 Å². The van der Waals surface area contributed by atoms with Crippen molar-refractivity contribution < 1.29 is 14.7 Å². The second-order valence-corrected chi connectivity index (χ2v) is 4.82. The number of oxime groups is 1. The average Bonchev–Trinajstić information content (AvgIpc) is 2.47. The number of benzene rings is 2. The van der Waals surface area contributed by atoms with E-state index in [-0.39, 0.29) is 5.84 Å². The van der Waals surface area contributed by atoms with Gasteiger partial charge in [0, 0.05) is 4.47 Å². The summed E-state index contributed by atoms with van der Waals surface area (Å²) in [5.74, 6) is 1.83. The summed E-state index contributed by atoms with van der Waals surface area (Å²) in [6.07, 6.45) is 0. The van der Waals surface area contributed by atoms with E-state index in [1.807, 2.05) is 0 Å². The van der Waals surface area contributed by atoms with Gasteiger partial charge in [-0.25, -0.2) is 0 Å². The molecule has 0 atom stereocenters. The molecule has 2 aromatic carbocycles. The first-order valence-electron chi connectivity index (χ1n) is 5.73. The van der Waals surface area contributed by atoms with Gasteiger partial charge in [0.05, 0.1) is 12.7 Å². The van der Waals surface area contributed by atoms with Crippen molar-refractivity contribution in [2.45, 2.75) is 0 Å². The van der Waals surface area contributed by atoms with Crippen molar-refractivity contribution in [2.24, 2.45) is 10.9 Å². The quantitative estimate of drug-likeness (QED) is 0.388. The molecule has 0 radical (unpaired) electrons. The van der Waals surface area contributed by atoms with Crippen molar-refractivity contribution in [2.75, 3.05) is 7.11 Å². The van der Waals surface area contributed by atoms with Crippen LogP contribution in [0.25, 0.3) is 0 Å². The maximum atomic E-state index is 8.80. The number of rotatable bonds is 4. The second-order valence-electron chi connectivity index (χ2n) is 3.90. The third kappa shape index (κ3) is 3.21. The van der Waals surface area contributed by atoms with E-state index in [1.54, 1.807) is 49.6 Å². The molecule has 0 spiro atoms. The van der Waals surface area contributed by atoms with E-state index < -0.39 is 0 Å². The number of halogens is 1. The molecule has 2 aromatic rings. The lowest BCUT2D eigenvalue weighted by Gasteiger charge is -2.11. The third-order valence-corrected chi connectivity index (χ3v) is 3.11. The summed E-state index contributed by atoms with van der Waals surface area (Å²) in [5.41, 5.74) is 6.14. The lowest BCUT2D eigenvalue weighted by atomic mass is 10.2. The fourth-order valence-corrected chi connectivity index (χ4v) is 1.96. The molecule has 0 heterocycles. The van der Waals surface area contributed by atoms with Crippen LogP contribution in [0.2, 0.25) is 0 Å². The Bertz CT molecular complexity index is 627. The molecule has 0 saturated heterocycles. The first kappa shape index (κ1) is 14.2. The molecule has 0 unspecified atom stereocenters. The molecule has 5 nitrogen and oxygen atoms in total. The van der Waals surface area contributed by atoms with Crippen molar-refractivity contribution >= 4 is 21.8 Å². The molecule has 0 aliphatic heterocycles. The summed E-state index contributed by atoms with van der Waals surface area (Å²) < 4.78 is 11.7. The van der Waals surface area contributed by atoms with Gasteiger partial charge < -0.3 is 20.4 Å². The van der Waals surface area contributed by atoms with E-state index in [4.69, 9.17) is 20.4 Å². The molecule has 2 rings (SSSR count). The number of amidine groups is 1. The van der Waals surface area contributed by atoms with Crippen LogP contribution in [-0.2, 0) is 0 Å². The number of nitrogens with two attached hydrogens (primary N) is 1. The molecule has 0 amide bonds. The van der Waals surface area contributed by atoms with Gasteiger partial charge in [-0.1, -0.05) is 21.1 Å². The van der Waals surface area contributed by atoms with Crippen molar-refractivity contribution in [1.29, 1.82) is 0 Å². The summed E-state index contributed by atoms with van der Waals surface area (Å²) in [6.45, 7) is 0. The van der Waals surface area contributed by atoms with Crippen LogP contribution in [0, 0.1) is 0 Å². The van der Waals surface area contributed by atoms with E-state index in [9.17, 15) is 0 Å². The van der Waals surface area contributed by atoms with Gasteiger partial charge in [-0.2, -0.15) is 0 Å². The highest BCUT2D eigenvalue weighted by molar-refractivity contribution is 9.10. The fourth-order valence-electron chi connectivity index (χ4n) is 1.62. The fraction of sp³-hybridized carbons (Fsp3) is 0.0714. The predicted molar refractivity (Wildman–Crippen MR) is 79.7 cm³/mol. The van der Waals surface area contributed by atoms with Crippen LogP contribution >= 0.6 is 15.9 Å². The van der Waals surface area contributed by atoms with Crippen LogP contribution < -0.4 is 15.2 Å². The first-order chi connectivity index (χ1) is 9.63. The van der Waals surface area contributed by atoms with Crippen molar-refractivity contribution in [1.82, 2.24) is 0 Å². The SMILES string of the molecule is COc1ccc(Oc2cc(Br)ccc2/C(N)=N/O)cc1. The van der Waals surface area contributed by atoms with Gasteiger partial charge in [0.15, 0.2) is 5.84 Å². The minimum absolute atomic E-state index is 0.0130. The first-order valence-corrected chi connectivity index (χ1v) is 6.52. The number of nitrogens with zero attached hydrogens (tertiary/aromatic N) is 1. The van der Waals surface area contributed by atoms with Crippen LogP contribution in [-0.4, -0.2) is 18.2 Å². The van der Waals surface area contributed by atoms with Gasteiger partial charge in [0.1, 0.15) is 17.2 Å². The highest BCUT2D eigenvalue weighted by atomic mass is 79.9. The molecule has 0 bridgehead atoms. The minimum atomic E-state index is -0.0130. The van der Waals surface area contributed by atoms with E-state index in [2.05, 4.69) is 21.1 Å². The van der Waals surface area contributed by atoms with E-state index in [1.165, 1.54) is 0 Å². The molecule has 0 aromatic heterocycles. The van der Waals surface area contributed by atoms with Crippen LogP contribution in [0.4, 0.5) is 0 Å². The van der Waals surface area contributed by atoms with Gasteiger partial charge in [0.2, 0.25) is 0 Å². The monoisotopic (exact) mass is 336 g/mol. The highest BCUT2D eigenvalue weighted by Gasteiger charge is 2.10. The normalized spacial score (nSPS) is 11.2. The zero-order chi connectivity index (χ0) is 14.5. The molecule has 0 fully saturated rings. The zero-order valence-electron chi connectivity index (χ0n) is 10.7. The Hall–Kier alpha value is -2.21. The summed E-state index contributed by atoms with van der Waals surface area (Å²) in [4.78, 5) is 0. The standard InChI is InChI=1S/C14H13BrN2O3/c1-19-10-3-5-11(6-4-10)20-13-8-9(15)2-7-12(13)14(16)17-18/h2-8,18H,1H3,(H2,16,17). The number of hydrogen-bond donors (Lipinski definition) is 2. The van der Waals surface area contributed by atoms with Gasteiger partial charge in [0.25, 0.3) is 0 Å².